The van der Waals surface area contributed by atoms with Crippen LogP contribution in [0, 0.1) is 23.7 Å². The minimum Gasteiger partial charge on any atom is -0.461 e. The Morgan fingerprint density at radius 3 is 2.22 bits per heavy atom. The molecule has 14 heteroatoms. The van der Waals surface area contributed by atoms with Crippen LogP contribution < -0.4 is 0 Å². The van der Waals surface area contributed by atoms with Crippen molar-refractivity contribution in [3.05, 3.63) is 70.7 Å². The second-order valence-electron chi connectivity index (χ2n) is 17.5. The van der Waals surface area contributed by atoms with Gasteiger partial charge in [-0.05, 0) is 97.2 Å². The zero-order valence-corrected chi connectivity index (χ0v) is 38.1. The molecule has 4 unspecified atom stereocenters. The van der Waals surface area contributed by atoms with Crippen molar-refractivity contribution in [3.8, 4) is 0 Å². The van der Waals surface area contributed by atoms with Crippen LogP contribution in [0.5, 0.6) is 0 Å². The number of hydrogen-bond acceptors (Lipinski definition) is 13. The maximum atomic E-state index is 14.3. The van der Waals surface area contributed by atoms with E-state index in [4.69, 9.17) is 40.4 Å². The van der Waals surface area contributed by atoms with E-state index in [1.165, 1.54) is 6.92 Å². The van der Waals surface area contributed by atoms with Crippen LogP contribution in [0.1, 0.15) is 92.7 Å². The molecule has 4 rings (SSSR count). The molecule has 14 atom stereocenters. The van der Waals surface area contributed by atoms with Crippen molar-refractivity contribution in [2.75, 3.05) is 21.2 Å². The van der Waals surface area contributed by atoms with Gasteiger partial charge in [0.15, 0.2) is 6.29 Å². The van der Waals surface area contributed by atoms with Gasteiger partial charge in [-0.25, -0.2) is 0 Å². The highest BCUT2D eigenvalue weighted by molar-refractivity contribution is 6.30. The number of halogens is 1. The maximum Gasteiger partial charge on any atom is 0.312 e. The van der Waals surface area contributed by atoms with Crippen LogP contribution in [-0.2, 0) is 39.7 Å². The van der Waals surface area contributed by atoms with Gasteiger partial charge in [0.2, 0.25) is 0 Å². The number of cyclic esters (lactones) is 1. The lowest BCUT2D eigenvalue weighted by molar-refractivity contribution is -0.301. The first kappa shape index (κ1) is 49.4. The highest BCUT2D eigenvalue weighted by Gasteiger charge is 2.52. The molecule has 2 aromatic carbocycles. The van der Waals surface area contributed by atoms with Crippen molar-refractivity contribution in [2.24, 2.45) is 33.9 Å². The fraction of sp³-hybridized carbons (Fsp3) is 0.652. The summed E-state index contributed by atoms with van der Waals surface area (Å²) in [6, 6.07) is 16.0. The monoisotopic (exact) mass is 857 g/mol. The van der Waals surface area contributed by atoms with Crippen molar-refractivity contribution in [1.29, 1.82) is 0 Å². The second kappa shape index (κ2) is 21.2. The molecule has 2 aromatic rings. The van der Waals surface area contributed by atoms with Crippen molar-refractivity contribution < 1.29 is 48.6 Å². The van der Waals surface area contributed by atoms with Gasteiger partial charge < -0.3 is 43.9 Å². The van der Waals surface area contributed by atoms with Gasteiger partial charge in [0.05, 0.1) is 42.0 Å². The Labute approximate surface area is 361 Å². The number of carbonyl (C=O) groups excluding carboxylic acids is 2. The Balaban J connectivity index is 1.92. The molecular weight excluding hydrogens is 790 g/mol. The summed E-state index contributed by atoms with van der Waals surface area (Å²) in [7, 11) is 5.32. The van der Waals surface area contributed by atoms with E-state index in [-0.39, 0.29) is 31.4 Å². The number of carbonyl (C=O) groups is 2. The Hall–Kier alpha value is -3.27. The molecule has 0 amide bonds. The Kier molecular flexibility index (Phi) is 17.5. The quantitative estimate of drug-likeness (QED) is 0.140. The number of methoxy groups -OCH3 is 1. The second-order valence-corrected chi connectivity index (χ2v) is 18.0. The largest absolute Gasteiger partial charge is 0.461 e. The van der Waals surface area contributed by atoms with E-state index in [0.29, 0.717) is 22.9 Å². The van der Waals surface area contributed by atoms with E-state index in [1.54, 1.807) is 40.0 Å². The van der Waals surface area contributed by atoms with Crippen LogP contribution >= 0.6 is 11.6 Å². The van der Waals surface area contributed by atoms with Gasteiger partial charge in [-0.2, -0.15) is 10.2 Å². The van der Waals surface area contributed by atoms with Gasteiger partial charge in [-0.3, -0.25) is 9.59 Å². The van der Waals surface area contributed by atoms with Crippen LogP contribution in [0.3, 0.4) is 0 Å². The van der Waals surface area contributed by atoms with Gasteiger partial charge in [0.25, 0.3) is 0 Å². The molecule has 334 valence electrons. The molecule has 0 aromatic heterocycles. The number of likely N-dealkylation sites (N-methyl/N-ethyl adjacent to an activating group) is 1. The molecule has 0 radical (unpaired) electrons. The molecule has 2 saturated heterocycles. The van der Waals surface area contributed by atoms with E-state index in [2.05, 4.69) is 5.10 Å². The predicted molar refractivity (Wildman–Crippen MR) is 232 cm³/mol. The highest BCUT2D eigenvalue weighted by Crippen LogP contribution is 2.40. The Morgan fingerprint density at radius 1 is 1.00 bits per heavy atom. The molecule has 2 heterocycles. The van der Waals surface area contributed by atoms with Crippen LogP contribution in [0.4, 0.5) is 0 Å². The molecule has 0 aliphatic carbocycles. The van der Waals surface area contributed by atoms with Gasteiger partial charge >= 0.3 is 11.9 Å². The normalized spacial score (nSPS) is 37.0. The van der Waals surface area contributed by atoms with Crippen LogP contribution in [0.25, 0.3) is 0 Å². The molecule has 2 aliphatic rings. The number of nitrogens with zero attached hydrogens (tertiary/aromatic N) is 3. The van der Waals surface area contributed by atoms with E-state index in [1.807, 2.05) is 96.1 Å². The summed E-state index contributed by atoms with van der Waals surface area (Å²) in [6.45, 7) is 15.9. The number of rotatable bonds is 10. The first-order valence-electron chi connectivity index (χ1n) is 21.1. The van der Waals surface area contributed by atoms with Crippen molar-refractivity contribution >= 4 is 35.0 Å². The molecule has 60 heavy (non-hydrogen) atoms. The van der Waals surface area contributed by atoms with Crippen LogP contribution in [0.2, 0.25) is 5.02 Å². The minimum absolute atomic E-state index is 0.0609. The lowest BCUT2D eigenvalue weighted by atomic mass is 9.73. The summed E-state index contributed by atoms with van der Waals surface area (Å²) in [5.74, 6) is -4.48. The number of benzene rings is 2. The first-order valence-corrected chi connectivity index (χ1v) is 21.5. The molecule has 0 spiro atoms. The Morgan fingerprint density at radius 2 is 1.63 bits per heavy atom. The molecule has 0 saturated carbocycles. The predicted octanol–water partition coefficient (Wildman–Crippen LogP) is 6.26. The highest BCUT2D eigenvalue weighted by atomic mass is 35.5. The van der Waals surface area contributed by atoms with Crippen LogP contribution in [0.15, 0.2) is 64.8 Å². The third-order valence-electron chi connectivity index (χ3n) is 12.6. The molecule has 0 bridgehead atoms. The number of aliphatic hydroxyl groups is 3. The van der Waals surface area contributed by atoms with Gasteiger partial charge in [0.1, 0.15) is 23.9 Å². The van der Waals surface area contributed by atoms with Gasteiger partial charge in [-0.1, -0.05) is 81.8 Å². The maximum absolute atomic E-state index is 14.3. The topological polar surface area (TPSA) is 169 Å². The van der Waals surface area contributed by atoms with Crippen molar-refractivity contribution in [2.45, 2.75) is 148 Å². The summed E-state index contributed by atoms with van der Waals surface area (Å²) in [5, 5.41) is 45.8. The average molecular weight is 859 g/mol. The number of hydrogen-bond donors (Lipinski definition) is 3. The third-order valence-corrected chi connectivity index (χ3v) is 12.8. The number of aliphatic hydroxyl groups excluding tert-OH is 2. The molecule has 2 aliphatic heterocycles. The lowest BCUT2D eigenvalue weighted by Crippen LogP contribution is -2.60. The zero-order valence-electron chi connectivity index (χ0n) is 37.4. The van der Waals surface area contributed by atoms with E-state index < -0.39 is 83.6 Å². The molecule has 13 nitrogen and oxygen atoms in total. The van der Waals surface area contributed by atoms with Gasteiger partial charge in [0, 0.05) is 35.7 Å². The molecule has 2 fully saturated rings. The fourth-order valence-electron chi connectivity index (χ4n) is 8.82. The summed E-state index contributed by atoms with van der Waals surface area (Å²) in [6.07, 6.45) is -6.37. The van der Waals surface area contributed by atoms with E-state index in [0.717, 1.165) is 11.1 Å². The van der Waals surface area contributed by atoms with Crippen molar-refractivity contribution in [3.63, 3.8) is 0 Å². The summed E-state index contributed by atoms with van der Waals surface area (Å²) in [5.41, 5.74) is -0.646. The number of esters is 2. The fourth-order valence-corrected chi connectivity index (χ4v) is 8.95. The van der Waals surface area contributed by atoms with Gasteiger partial charge in [-0.15, -0.1) is 0 Å². The van der Waals surface area contributed by atoms with Crippen molar-refractivity contribution in [1.82, 2.24) is 4.90 Å². The first-order chi connectivity index (χ1) is 28.1. The zero-order chi connectivity index (χ0) is 44.7. The summed E-state index contributed by atoms with van der Waals surface area (Å²) >= 11 is 6.15. The molecule has 3 N–H and O–H groups in total. The van der Waals surface area contributed by atoms with E-state index >= 15 is 0 Å². The van der Waals surface area contributed by atoms with Crippen LogP contribution in [-0.4, -0.2) is 125 Å². The summed E-state index contributed by atoms with van der Waals surface area (Å²) in [4.78, 5) is 30.1. The number of ether oxygens (including phenoxy) is 5. The standard InChI is InChI=1S/C46H68ClN3O10/c1-13-36-46(9,55)41(53)28(4)38(49-48-31(7)33-19-21-34(47)22-20-33)26(2)25-45(8,56-12)42(60-44-39(52)35(50(10)11)23-27(3)57-44)29(5)40(30(6)43(54)58-36)59-37(51)24-32-17-15-14-16-18-32/h14-22,26-30,35-36,39-42,44,52-53,55H,13,23-25H2,1-12H3/b48-31+,49-38+/t26-,27?,28+,29+,30-,35?,36-,39?,40+,41-,42-,44?,45-,46-/m1/s1. The van der Waals surface area contributed by atoms with E-state index in [9.17, 15) is 24.9 Å². The Bertz CT molecular complexity index is 1770. The summed E-state index contributed by atoms with van der Waals surface area (Å²) < 4.78 is 32.0. The average Bonchev–Trinajstić information content (AvgIpc) is 3.20. The molecular formula is C46H68ClN3O10. The minimum atomic E-state index is -1.95. The third kappa shape index (κ3) is 11.8. The smallest absolute Gasteiger partial charge is 0.312 e. The lowest BCUT2D eigenvalue weighted by Gasteiger charge is -2.48. The SMILES string of the molecule is CC[C@H]1OC(=O)[C@H](C)[C@@H](OC(=O)Cc2ccccc2)[C@H](C)[C@@H](OC2OC(C)CC(N(C)C)C2O)[C@](C)(OC)C[C@@H](C)/C(=N\N=C(/C)c2ccc(Cl)cc2)[C@H](C)[C@@H](O)[C@]1(C)O.